The van der Waals surface area contributed by atoms with Crippen LogP contribution in [0.3, 0.4) is 0 Å². The van der Waals surface area contributed by atoms with Gasteiger partial charge in [-0.2, -0.15) is 38.1 Å². The Balaban J connectivity index is 0.000000357. The molecule has 0 aliphatic carbocycles. The molecule has 0 saturated heterocycles. The van der Waals surface area contributed by atoms with Crippen LogP contribution in [0.2, 0.25) is 0 Å². The minimum absolute atomic E-state index is 0.00215. The van der Waals surface area contributed by atoms with Crippen LogP contribution in [0.15, 0.2) is 22.6 Å². The number of rotatable bonds is 8. The van der Waals surface area contributed by atoms with E-state index in [2.05, 4.69) is 89.8 Å². The lowest BCUT2D eigenvalue weighted by Gasteiger charge is -2.10. The van der Waals surface area contributed by atoms with Crippen LogP contribution in [0.25, 0.3) is 0 Å². The number of hydrogen-bond acceptors (Lipinski definition) is 15. The summed E-state index contributed by atoms with van der Waals surface area (Å²) in [5.41, 5.74) is -1.53. The van der Waals surface area contributed by atoms with Crippen molar-refractivity contribution in [3.8, 4) is 0 Å². The van der Waals surface area contributed by atoms with Gasteiger partial charge in [0.15, 0.2) is 23.1 Å². The Morgan fingerprint density at radius 2 is 0.754 bits per heavy atom. The smallest absolute Gasteiger partial charge is 0.339 e. The molecular formula is C38H62F4N10O5. The Morgan fingerprint density at radius 1 is 0.421 bits per heavy atom. The first-order valence-electron chi connectivity index (χ1n) is 19.0. The van der Waals surface area contributed by atoms with Crippen molar-refractivity contribution in [3.63, 3.8) is 0 Å². The fraction of sp³-hybridized carbons (Fsp3) is 0.737. The second-order valence-electron chi connectivity index (χ2n) is 16.4. The van der Waals surface area contributed by atoms with Crippen molar-refractivity contribution in [1.82, 2.24) is 50.7 Å². The van der Waals surface area contributed by atoms with Crippen LogP contribution in [0.5, 0.6) is 0 Å². The third-order valence-electron chi connectivity index (χ3n) is 7.02. The van der Waals surface area contributed by atoms with Gasteiger partial charge in [-0.3, -0.25) is 0 Å². The number of alkyl halides is 4. The summed E-state index contributed by atoms with van der Waals surface area (Å²) in [6.45, 7) is 34.6. The van der Waals surface area contributed by atoms with E-state index < -0.39 is 17.7 Å². The van der Waals surface area contributed by atoms with Gasteiger partial charge >= 0.3 is 6.18 Å². The lowest BCUT2D eigenvalue weighted by atomic mass is 9.96. The molecule has 0 bridgehead atoms. The van der Waals surface area contributed by atoms with E-state index in [1.807, 2.05) is 62.3 Å². The molecule has 0 fully saturated rings. The molecule has 5 aromatic heterocycles. The van der Waals surface area contributed by atoms with Crippen LogP contribution < -0.4 is 0 Å². The molecule has 5 rings (SSSR count). The Morgan fingerprint density at radius 3 is 0.982 bits per heavy atom. The summed E-state index contributed by atoms with van der Waals surface area (Å²) in [7, 11) is 0. The molecule has 0 unspecified atom stereocenters. The average Bonchev–Trinajstić information content (AvgIpc) is 3.94. The molecule has 0 spiro atoms. The van der Waals surface area contributed by atoms with E-state index in [0.29, 0.717) is 29.6 Å². The topological polar surface area (TPSA) is 195 Å². The predicted molar refractivity (Wildman–Crippen MR) is 203 cm³/mol. The second-order valence-corrected chi connectivity index (χ2v) is 16.4. The van der Waals surface area contributed by atoms with Crippen molar-refractivity contribution in [2.45, 2.75) is 184 Å². The van der Waals surface area contributed by atoms with Gasteiger partial charge in [0.05, 0.1) is 0 Å². The summed E-state index contributed by atoms with van der Waals surface area (Å²) < 4.78 is 73.1. The van der Waals surface area contributed by atoms with Gasteiger partial charge in [-0.25, -0.2) is 4.39 Å². The zero-order chi connectivity index (χ0) is 44.1. The van der Waals surface area contributed by atoms with Crippen LogP contribution in [-0.4, -0.2) is 50.7 Å². The van der Waals surface area contributed by atoms with Gasteiger partial charge in [0.1, 0.15) is 0 Å². The summed E-state index contributed by atoms with van der Waals surface area (Å²) >= 11 is 0. The molecule has 19 heteroatoms. The van der Waals surface area contributed by atoms with Gasteiger partial charge < -0.3 is 22.6 Å². The molecule has 0 amide bonds. The first kappa shape index (κ1) is 50.4. The normalized spacial score (nSPS) is 12.0. The molecule has 5 aromatic rings. The van der Waals surface area contributed by atoms with Crippen molar-refractivity contribution in [1.29, 1.82) is 0 Å². The van der Waals surface area contributed by atoms with E-state index >= 15 is 0 Å². The molecule has 5 heterocycles. The maximum atomic E-state index is 13.2. The van der Waals surface area contributed by atoms with Gasteiger partial charge in [-0.1, -0.05) is 137 Å². The fourth-order valence-corrected chi connectivity index (χ4v) is 3.43. The highest BCUT2D eigenvalue weighted by atomic mass is 19.4. The number of nitrogens with zero attached hydrogens (tertiary/aromatic N) is 10. The van der Waals surface area contributed by atoms with Gasteiger partial charge in [0, 0.05) is 47.3 Å². The van der Waals surface area contributed by atoms with E-state index in [9.17, 15) is 17.6 Å². The summed E-state index contributed by atoms with van der Waals surface area (Å²) in [4.78, 5) is 19.8. The lowest BCUT2D eigenvalue weighted by molar-refractivity contribution is -0.146. The molecule has 322 valence electrons. The van der Waals surface area contributed by atoms with Gasteiger partial charge in [0.25, 0.3) is 5.82 Å². The maximum absolute atomic E-state index is 13.2. The number of hydrogen-bond donors (Lipinski definition) is 0. The van der Waals surface area contributed by atoms with Gasteiger partial charge in [0.2, 0.25) is 35.3 Å². The number of aromatic nitrogens is 10. The Hall–Kier alpha value is -4.58. The molecule has 15 nitrogen and oxygen atoms in total. The van der Waals surface area contributed by atoms with Crippen molar-refractivity contribution in [3.05, 3.63) is 58.6 Å². The highest BCUT2D eigenvalue weighted by molar-refractivity contribution is 5.02. The molecule has 0 aromatic carbocycles. The SMILES string of the molecule is CC(C)c1nc(C(C)(C)C)no1.CC(C)c1nc(C(C)(C)F)no1.CC(C)c1nc(C(F)(F)F)no1.CC(C)c1noc(C(C)C)n1.CCc1noc(C(C)C)n1. The standard InChI is InChI=1S/C9H16N2O.C8H13FN2O.C8H14N2O.C7H12N2O.C6H7F3N2O/c1-6(2)7-10-8(11-12-7)9(3,4)5;1-5(2)6-10-7(11-12-6)8(3,4)9;1-5(2)7-9-8(6(3)4)11-10-7;1-4-6-8-7(5(2)3)10-9-6;1-3(2)4-10-5(11-12-4)6(7,8)9/h6H,1-5H3;5H,1-4H3;5-6H,1-4H3;5H,4H2,1-3H3;3H,1-2H3. The Bertz CT molecular complexity index is 1680. The van der Waals surface area contributed by atoms with Gasteiger partial charge in [-0.05, 0) is 13.8 Å². The second kappa shape index (κ2) is 21.8. The van der Waals surface area contributed by atoms with E-state index in [1.54, 1.807) is 13.8 Å². The monoisotopic (exact) mass is 814 g/mol. The van der Waals surface area contributed by atoms with Crippen molar-refractivity contribution < 1.29 is 40.2 Å². The quantitative estimate of drug-likeness (QED) is 0.134. The molecule has 0 aliphatic heterocycles. The summed E-state index contributed by atoms with van der Waals surface area (Å²) in [5.74, 6) is 5.24. The van der Waals surface area contributed by atoms with Gasteiger partial charge in [-0.15, -0.1) is 0 Å². The Kier molecular flexibility index (Phi) is 19.3. The zero-order valence-corrected chi connectivity index (χ0v) is 36.7. The lowest BCUT2D eigenvalue weighted by Crippen LogP contribution is -2.13. The molecule has 0 N–H and O–H groups in total. The highest BCUT2D eigenvalue weighted by Gasteiger charge is 2.37. The van der Waals surface area contributed by atoms with Crippen molar-refractivity contribution in [2.75, 3.05) is 0 Å². The van der Waals surface area contributed by atoms with Crippen LogP contribution in [0.1, 0.15) is 219 Å². The first-order chi connectivity index (χ1) is 26.1. The van der Waals surface area contributed by atoms with E-state index in [0.717, 1.165) is 41.6 Å². The number of halogens is 4. The summed E-state index contributed by atoms with van der Waals surface area (Å²) in [6, 6.07) is 0. The number of aryl methyl sites for hydroxylation is 1. The maximum Gasteiger partial charge on any atom is 0.455 e. The largest absolute Gasteiger partial charge is 0.455 e. The van der Waals surface area contributed by atoms with Crippen molar-refractivity contribution >= 4 is 0 Å². The molecule has 0 aliphatic rings. The summed E-state index contributed by atoms with van der Waals surface area (Å²) in [5, 5.41) is 17.9. The Labute approximate surface area is 332 Å². The predicted octanol–water partition coefficient (Wildman–Crippen LogP) is 11.2. The van der Waals surface area contributed by atoms with E-state index in [1.165, 1.54) is 13.8 Å². The van der Waals surface area contributed by atoms with Crippen LogP contribution in [0, 0.1) is 0 Å². The molecular weight excluding hydrogens is 752 g/mol. The van der Waals surface area contributed by atoms with Crippen LogP contribution in [0.4, 0.5) is 17.6 Å². The van der Waals surface area contributed by atoms with E-state index in [4.69, 9.17) is 18.1 Å². The third kappa shape index (κ3) is 17.6. The zero-order valence-electron chi connectivity index (χ0n) is 36.7. The minimum Gasteiger partial charge on any atom is -0.339 e. The van der Waals surface area contributed by atoms with E-state index in [-0.39, 0.29) is 29.0 Å². The fourth-order valence-electron chi connectivity index (χ4n) is 3.43. The molecule has 0 atom stereocenters. The minimum atomic E-state index is -4.52. The molecule has 0 saturated carbocycles. The summed E-state index contributed by atoms with van der Waals surface area (Å²) in [6.07, 6.45) is -3.67. The first-order valence-corrected chi connectivity index (χ1v) is 19.0. The molecule has 0 radical (unpaired) electrons. The third-order valence-corrected chi connectivity index (χ3v) is 7.02. The van der Waals surface area contributed by atoms with Crippen LogP contribution >= 0.6 is 0 Å². The highest BCUT2D eigenvalue weighted by Crippen LogP contribution is 2.28. The molecule has 57 heavy (non-hydrogen) atoms. The van der Waals surface area contributed by atoms with Crippen molar-refractivity contribution in [2.24, 2.45) is 0 Å². The van der Waals surface area contributed by atoms with Crippen LogP contribution in [-0.2, 0) is 23.7 Å². The average molecular weight is 815 g/mol.